The van der Waals surface area contributed by atoms with Crippen LogP contribution in [0.5, 0.6) is 0 Å². The second kappa shape index (κ2) is 4.86. The number of carbonyl (C=O) groups is 1. The van der Waals surface area contributed by atoms with E-state index in [0.29, 0.717) is 0 Å². The fraction of sp³-hybridized carbons (Fsp3) is 0.846. The van der Waals surface area contributed by atoms with Gasteiger partial charge in [-0.3, -0.25) is 4.79 Å². The van der Waals surface area contributed by atoms with Gasteiger partial charge >= 0.3 is 0 Å². The second-order valence-corrected chi connectivity index (χ2v) is 5.24. The van der Waals surface area contributed by atoms with Gasteiger partial charge in [-0.1, -0.05) is 32.1 Å². The van der Waals surface area contributed by atoms with Crippen molar-refractivity contribution in [1.29, 1.82) is 5.26 Å². The zero-order valence-electron chi connectivity index (χ0n) is 9.80. The number of nitrogens with one attached hydrogen (secondary N) is 1. The molecule has 0 unspecified atom stereocenters. The summed E-state index contributed by atoms with van der Waals surface area (Å²) in [6, 6.07) is 2.23. The van der Waals surface area contributed by atoms with Crippen LogP contribution < -0.4 is 5.32 Å². The van der Waals surface area contributed by atoms with Gasteiger partial charge in [0.05, 0.1) is 6.07 Å². The zero-order chi connectivity index (χ0) is 11.4. The van der Waals surface area contributed by atoms with Gasteiger partial charge in [-0.05, 0) is 25.2 Å². The van der Waals surface area contributed by atoms with Crippen LogP contribution in [0.25, 0.3) is 0 Å². The maximum Gasteiger partial charge on any atom is 0.240 e. The molecule has 88 valence electrons. The summed E-state index contributed by atoms with van der Waals surface area (Å²) in [5, 5.41) is 12.1. The van der Waals surface area contributed by atoms with Crippen molar-refractivity contribution in [3.63, 3.8) is 0 Å². The van der Waals surface area contributed by atoms with Crippen molar-refractivity contribution in [2.24, 2.45) is 11.3 Å². The number of rotatable bonds is 4. The maximum atomic E-state index is 12.0. The molecule has 0 aromatic rings. The molecule has 0 atom stereocenters. The number of nitriles is 1. The quantitative estimate of drug-likeness (QED) is 0.790. The van der Waals surface area contributed by atoms with Gasteiger partial charge in [0.2, 0.25) is 5.91 Å². The molecule has 1 amide bonds. The van der Waals surface area contributed by atoms with E-state index in [1.165, 1.54) is 19.3 Å². The predicted octanol–water partition coefficient (Wildman–Crippen LogP) is 2.38. The van der Waals surface area contributed by atoms with Crippen molar-refractivity contribution in [1.82, 2.24) is 5.32 Å². The zero-order valence-corrected chi connectivity index (χ0v) is 9.80. The first-order valence-corrected chi connectivity index (χ1v) is 6.46. The predicted molar refractivity (Wildman–Crippen MR) is 61.5 cm³/mol. The number of amides is 1. The lowest BCUT2D eigenvalue weighted by atomic mass is 9.82. The molecule has 2 fully saturated rings. The molecule has 2 aliphatic rings. The fourth-order valence-electron chi connectivity index (χ4n) is 2.71. The first-order chi connectivity index (χ1) is 7.77. The van der Waals surface area contributed by atoms with Crippen LogP contribution in [-0.2, 0) is 4.79 Å². The van der Waals surface area contributed by atoms with Crippen molar-refractivity contribution < 1.29 is 4.79 Å². The minimum Gasteiger partial charge on any atom is -0.355 e. The Kier molecular flexibility index (Phi) is 3.48. The highest BCUT2D eigenvalue weighted by molar-refractivity contribution is 5.85. The van der Waals surface area contributed by atoms with Crippen molar-refractivity contribution in [2.75, 3.05) is 6.54 Å². The number of hydrogen-bond donors (Lipinski definition) is 1. The third-order valence-corrected chi connectivity index (χ3v) is 4.17. The summed E-state index contributed by atoms with van der Waals surface area (Å²) in [6.45, 7) is 0.757. The fourth-order valence-corrected chi connectivity index (χ4v) is 2.71. The Labute approximate surface area is 97.2 Å². The van der Waals surface area contributed by atoms with Crippen molar-refractivity contribution in [3.05, 3.63) is 0 Å². The molecule has 1 N–H and O–H groups in total. The molecule has 0 spiro atoms. The number of nitrogens with zero attached hydrogens (tertiary/aromatic N) is 1. The molecular formula is C13H20N2O. The highest BCUT2D eigenvalue weighted by Crippen LogP contribution is 2.37. The normalized spacial score (nSPS) is 23.4. The van der Waals surface area contributed by atoms with E-state index in [9.17, 15) is 4.79 Å². The Morgan fingerprint density at radius 1 is 1.31 bits per heavy atom. The Morgan fingerprint density at radius 2 is 2.00 bits per heavy atom. The van der Waals surface area contributed by atoms with Crippen LogP contribution in [0.1, 0.15) is 51.4 Å². The van der Waals surface area contributed by atoms with Gasteiger partial charge in [-0.15, -0.1) is 0 Å². The van der Waals surface area contributed by atoms with E-state index in [2.05, 4.69) is 11.4 Å². The molecule has 0 bridgehead atoms. The summed E-state index contributed by atoms with van der Waals surface area (Å²) < 4.78 is 0. The summed E-state index contributed by atoms with van der Waals surface area (Å²) >= 11 is 0. The smallest absolute Gasteiger partial charge is 0.240 e. The summed E-state index contributed by atoms with van der Waals surface area (Å²) in [5.74, 6) is 0.800. The van der Waals surface area contributed by atoms with Crippen LogP contribution in [0.2, 0.25) is 0 Å². The Bertz CT molecular complexity index is 296. The largest absolute Gasteiger partial charge is 0.355 e. The molecule has 0 radical (unpaired) electrons. The van der Waals surface area contributed by atoms with E-state index in [4.69, 9.17) is 5.26 Å². The van der Waals surface area contributed by atoms with E-state index < -0.39 is 5.41 Å². The highest BCUT2D eigenvalue weighted by Gasteiger charge is 2.41. The first kappa shape index (κ1) is 11.4. The molecule has 16 heavy (non-hydrogen) atoms. The Hall–Kier alpha value is -1.04. The Balaban J connectivity index is 1.75. The van der Waals surface area contributed by atoms with Crippen LogP contribution in [0.15, 0.2) is 0 Å². The lowest BCUT2D eigenvalue weighted by Crippen LogP contribution is -2.39. The van der Waals surface area contributed by atoms with E-state index in [0.717, 1.165) is 44.6 Å². The van der Waals surface area contributed by atoms with Gasteiger partial charge in [-0.2, -0.15) is 5.26 Å². The summed E-state index contributed by atoms with van der Waals surface area (Å²) in [4.78, 5) is 12.0. The second-order valence-electron chi connectivity index (χ2n) is 5.24. The maximum absolute atomic E-state index is 12.0. The van der Waals surface area contributed by atoms with E-state index in [-0.39, 0.29) is 5.91 Å². The van der Waals surface area contributed by atoms with E-state index >= 15 is 0 Å². The number of hydrogen-bond acceptors (Lipinski definition) is 2. The SMILES string of the molecule is N#CC1(C(=O)NCCC2CCC2)CCCC1. The number of carbonyl (C=O) groups excluding carboxylic acids is 1. The highest BCUT2D eigenvalue weighted by atomic mass is 16.2. The lowest BCUT2D eigenvalue weighted by Gasteiger charge is -2.26. The van der Waals surface area contributed by atoms with Crippen molar-refractivity contribution in [3.8, 4) is 6.07 Å². The van der Waals surface area contributed by atoms with E-state index in [1.807, 2.05) is 0 Å². The van der Waals surface area contributed by atoms with Gasteiger partial charge in [0.15, 0.2) is 0 Å². The minimum absolute atomic E-state index is 0.0215. The topological polar surface area (TPSA) is 52.9 Å². The molecule has 0 aromatic carbocycles. The van der Waals surface area contributed by atoms with Gasteiger partial charge in [-0.25, -0.2) is 0 Å². The summed E-state index contributed by atoms with van der Waals surface area (Å²) in [6.07, 6.45) is 8.61. The third-order valence-electron chi connectivity index (χ3n) is 4.17. The van der Waals surface area contributed by atoms with Crippen LogP contribution in [-0.4, -0.2) is 12.5 Å². The molecule has 3 heteroatoms. The van der Waals surface area contributed by atoms with Crippen LogP contribution in [0, 0.1) is 22.7 Å². The molecule has 2 saturated carbocycles. The van der Waals surface area contributed by atoms with Gasteiger partial charge in [0.1, 0.15) is 5.41 Å². The molecule has 3 nitrogen and oxygen atoms in total. The molecule has 0 aromatic heterocycles. The molecular weight excluding hydrogens is 200 g/mol. The average molecular weight is 220 g/mol. The Morgan fingerprint density at radius 3 is 2.50 bits per heavy atom. The van der Waals surface area contributed by atoms with Crippen LogP contribution in [0.3, 0.4) is 0 Å². The standard InChI is InChI=1S/C13H20N2O/c14-10-13(7-1-2-8-13)12(16)15-9-6-11-4-3-5-11/h11H,1-9H2,(H,15,16). The van der Waals surface area contributed by atoms with Crippen LogP contribution in [0.4, 0.5) is 0 Å². The van der Waals surface area contributed by atoms with Crippen molar-refractivity contribution in [2.45, 2.75) is 51.4 Å². The van der Waals surface area contributed by atoms with Crippen LogP contribution >= 0.6 is 0 Å². The third kappa shape index (κ3) is 2.21. The first-order valence-electron chi connectivity index (χ1n) is 6.46. The van der Waals surface area contributed by atoms with Crippen molar-refractivity contribution >= 4 is 5.91 Å². The lowest BCUT2D eigenvalue weighted by molar-refractivity contribution is -0.128. The monoisotopic (exact) mass is 220 g/mol. The van der Waals surface area contributed by atoms with Gasteiger partial charge in [0, 0.05) is 6.54 Å². The van der Waals surface area contributed by atoms with E-state index in [1.54, 1.807) is 0 Å². The molecule has 0 saturated heterocycles. The van der Waals surface area contributed by atoms with Gasteiger partial charge < -0.3 is 5.32 Å². The average Bonchev–Trinajstić information content (AvgIpc) is 2.71. The molecule has 0 heterocycles. The molecule has 0 aliphatic heterocycles. The molecule has 2 rings (SSSR count). The summed E-state index contributed by atoms with van der Waals surface area (Å²) in [7, 11) is 0. The molecule has 2 aliphatic carbocycles. The van der Waals surface area contributed by atoms with Gasteiger partial charge in [0.25, 0.3) is 0 Å². The minimum atomic E-state index is -0.695. The summed E-state index contributed by atoms with van der Waals surface area (Å²) in [5.41, 5.74) is -0.695.